The lowest BCUT2D eigenvalue weighted by Gasteiger charge is -2.38. The Hall–Kier alpha value is -0.160. The van der Waals surface area contributed by atoms with Gasteiger partial charge in [0.25, 0.3) is 0 Å². The van der Waals surface area contributed by atoms with E-state index in [1.165, 1.54) is 0 Å². The highest BCUT2D eigenvalue weighted by atomic mass is 16.5. The Balaban J connectivity index is 2.12. The predicted octanol–water partition coefficient (Wildman–Crippen LogP) is 0.106. The highest BCUT2D eigenvalue weighted by Crippen LogP contribution is 2.15. The minimum absolute atomic E-state index is 0.0325. The Kier molecular flexibility index (Phi) is 4.81. The number of morpholine rings is 1. The Labute approximate surface area is 85.8 Å². The van der Waals surface area contributed by atoms with Crippen molar-refractivity contribution in [1.82, 2.24) is 4.90 Å². The summed E-state index contributed by atoms with van der Waals surface area (Å²) in [5.41, 5.74) is -0.0325. The largest absolute Gasteiger partial charge is 0.394 e. The molecule has 1 aliphatic heterocycles. The minimum Gasteiger partial charge on any atom is -0.394 e. The van der Waals surface area contributed by atoms with Crippen molar-refractivity contribution in [3.8, 4) is 0 Å². The van der Waals surface area contributed by atoms with Crippen molar-refractivity contribution in [2.75, 3.05) is 46.1 Å². The van der Waals surface area contributed by atoms with Crippen molar-refractivity contribution in [1.29, 1.82) is 0 Å². The average Bonchev–Trinajstić information content (AvgIpc) is 2.11. The van der Waals surface area contributed by atoms with Crippen molar-refractivity contribution < 1.29 is 14.6 Å². The number of ether oxygens (including phenoxy) is 2. The van der Waals surface area contributed by atoms with E-state index >= 15 is 0 Å². The molecule has 14 heavy (non-hydrogen) atoms. The van der Waals surface area contributed by atoms with Gasteiger partial charge in [-0.15, -0.1) is 0 Å². The molecule has 0 amide bonds. The van der Waals surface area contributed by atoms with Gasteiger partial charge in [-0.2, -0.15) is 0 Å². The molecule has 1 rings (SSSR count). The van der Waals surface area contributed by atoms with Crippen molar-refractivity contribution in [3.63, 3.8) is 0 Å². The molecule has 1 saturated heterocycles. The lowest BCUT2D eigenvalue weighted by molar-refractivity contribution is -0.0904. The zero-order chi connectivity index (χ0) is 10.4. The summed E-state index contributed by atoms with van der Waals surface area (Å²) in [7, 11) is 0. The maximum Gasteiger partial charge on any atom is 0.0753 e. The van der Waals surface area contributed by atoms with Gasteiger partial charge in [-0.05, 0) is 13.8 Å². The summed E-state index contributed by atoms with van der Waals surface area (Å²) < 4.78 is 10.8. The normalized spacial score (nSPS) is 22.5. The molecule has 0 radical (unpaired) electrons. The number of aliphatic hydroxyl groups is 1. The predicted molar refractivity (Wildman–Crippen MR) is 54.4 cm³/mol. The van der Waals surface area contributed by atoms with Gasteiger partial charge < -0.3 is 14.6 Å². The maximum atomic E-state index is 8.53. The summed E-state index contributed by atoms with van der Waals surface area (Å²) in [4.78, 5) is 2.33. The van der Waals surface area contributed by atoms with Gasteiger partial charge in [-0.3, -0.25) is 4.90 Å². The van der Waals surface area contributed by atoms with Gasteiger partial charge in [0, 0.05) is 19.6 Å². The van der Waals surface area contributed by atoms with Crippen molar-refractivity contribution in [2.24, 2.45) is 0 Å². The van der Waals surface area contributed by atoms with Crippen LogP contribution in [0.2, 0.25) is 0 Å². The van der Waals surface area contributed by atoms with E-state index < -0.39 is 0 Å². The second-order valence-electron chi connectivity index (χ2n) is 4.22. The first-order valence-electron chi connectivity index (χ1n) is 5.19. The van der Waals surface area contributed by atoms with E-state index in [1.54, 1.807) is 0 Å². The molecular formula is C10H21NO3. The van der Waals surface area contributed by atoms with Gasteiger partial charge in [0.2, 0.25) is 0 Å². The fraction of sp³-hybridized carbons (Fsp3) is 1.00. The van der Waals surface area contributed by atoms with Crippen LogP contribution in [0.1, 0.15) is 13.8 Å². The molecule has 1 heterocycles. The molecule has 0 aliphatic carbocycles. The molecule has 0 aromatic carbocycles. The quantitative estimate of drug-likeness (QED) is 0.644. The Morgan fingerprint density at radius 3 is 2.86 bits per heavy atom. The van der Waals surface area contributed by atoms with Crippen LogP contribution in [0.5, 0.6) is 0 Å². The molecule has 4 heteroatoms. The number of hydrogen-bond donors (Lipinski definition) is 1. The molecule has 0 aromatic rings. The second-order valence-corrected chi connectivity index (χ2v) is 4.22. The summed E-state index contributed by atoms with van der Waals surface area (Å²) >= 11 is 0. The van der Waals surface area contributed by atoms with E-state index in [-0.39, 0.29) is 12.2 Å². The van der Waals surface area contributed by atoms with Gasteiger partial charge in [0.05, 0.1) is 32.0 Å². The SMILES string of the molecule is CC1(C)CN(CCOCCO)CCO1. The second kappa shape index (κ2) is 5.66. The summed E-state index contributed by atoms with van der Waals surface area (Å²) in [6.07, 6.45) is 0. The molecular weight excluding hydrogens is 182 g/mol. The Morgan fingerprint density at radius 1 is 1.43 bits per heavy atom. The van der Waals surface area contributed by atoms with E-state index in [0.717, 1.165) is 26.2 Å². The fourth-order valence-electron chi connectivity index (χ4n) is 1.67. The number of nitrogens with zero attached hydrogens (tertiary/aromatic N) is 1. The van der Waals surface area contributed by atoms with E-state index in [1.807, 2.05) is 0 Å². The average molecular weight is 203 g/mol. The van der Waals surface area contributed by atoms with Crippen molar-refractivity contribution >= 4 is 0 Å². The first-order chi connectivity index (χ1) is 6.64. The van der Waals surface area contributed by atoms with Crippen LogP contribution in [0.4, 0.5) is 0 Å². The third-order valence-electron chi connectivity index (χ3n) is 2.29. The van der Waals surface area contributed by atoms with Crippen molar-refractivity contribution in [2.45, 2.75) is 19.4 Å². The smallest absolute Gasteiger partial charge is 0.0753 e. The highest BCUT2D eigenvalue weighted by Gasteiger charge is 2.26. The van der Waals surface area contributed by atoms with Gasteiger partial charge >= 0.3 is 0 Å². The molecule has 0 aromatic heterocycles. The monoisotopic (exact) mass is 203 g/mol. The van der Waals surface area contributed by atoms with Crippen molar-refractivity contribution in [3.05, 3.63) is 0 Å². The van der Waals surface area contributed by atoms with Crippen LogP contribution < -0.4 is 0 Å². The maximum absolute atomic E-state index is 8.53. The molecule has 0 atom stereocenters. The molecule has 84 valence electrons. The van der Waals surface area contributed by atoms with E-state index in [0.29, 0.717) is 13.2 Å². The molecule has 1 fully saturated rings. The molecule has 0 spiro atoms. The summed E-state index contributed by atoms with van der Waals surface area (Å²) in [5, 5.41) is 8.53. The van der Waals surface area contributed by atoms with Gasteiger partial charge in [-0.1, -0.05) is 0 Å². The molecule has 0 unspecified atom stereocenters. The van der Waals surface area contributed by atoms with Gasteiger partial charge in [0.1, 0.15) is 0 Å². The van der Waals surface area contributed by atoms with Crippen LogP contribution >= 0.6 is 0 Å². The van der Waals surface area contributed by atoms with Gasteiger partial charge in [0.15, 0.2) is 0 Å². The molecule has 0 bridgehead atoms. The molecule has 4 nitrogen and oxygen atoms in total. The topological polar surface area (TPSA) is 41.9 Å². The van der Waals surface area contributed by atoms with E-state index in [9.17, 15) is 0 Å². The van der Waals surface area contributed by atoms with E-state index in [2.05, 4.69) is 18.7 Å². The van der Waals surface area contributed by atoms with Crippen LogP contribution in [0.25, 0.3) is 0 Å². The standard InChI is InChI=1S/C10H21NO3/c1-10(2)9-11(4-7-14-10)3-6-13-8-5-12/h12H,3-9H2,1-2H3. The first-order valence-corrected chi connectivity index (χ1v) is 5.19. The van der Waals surface area contributed by atoms with Crippen LogP contribution in [0, 0.1) is 0 Å². The Bertz CT molecular complexity index is 161. The Morgan fingerprint density at radius 2 is 2.21 bits per heavy atom. The number of rotatable bonds is 5. The minimum atomic E-state index is -0.0325. The zero-order valence-corrected chi connectivity index (χ0v) is 9.16. The molecule has 0 saturated carbocycles. The summed E-state index contributed by atoms with van der Waals surface area (Å²) in [6.45, 7) is 9.10. The fourth-order valence-corrected chi connectivity index (χ4v) is 1.67. The van der Waals surface area contributed by atoms with Crippen LogP contribution in [-0.4, -0.2) is 61.7 Å². The third-order valence-corrected chi connectivity index (χ3v) is 2.29. The van der Waals surface area contributed by atoms with Crippen LogP contribution in [0.3, 0.4) is 0 Å². The zero-order valence-electron chi connectivity index (χ0n) is 9.16. The number of aliphatic hydroxyl groups excluding tert-OH is 1. The van der Waals surface area contributed by atoms with E-state index in [4.69, 9.17) is 14.6 Å². The van der Waals surface area contributed by atoms with Gasteiger partial charge in [-0.25, -0.2) is 0 Å². The molecule has 1 N–H and O–H groups in total. The lowest BCUT2D eigenvalue weighted by Crippen LogP contribution is -2.49. The lowest BCUT2D eigenvalue weighted by atomic mass is 10.1. The number of hydrogen-bond acceptors (Lipinski definition) is 4. The van der Waals surface area contributed by atoms with Crippen LogP contribution in [-0.2, 0) is 9.47 Å². The van der Waals surface area contributed by atoms with Crippen LogP contribution in [0.15, 0.2) is 0 Å². The summed E-state index contributed by atoms with van der Waals surface area (Å²) in [5.74, 6) is 0. The molecule has 1 aliphatic rings. The highest BCUT2D eigenvalue weighted by molar-refractivity contribution is 4.78. The summed E-state index contributed by atoms with van der Waals surface area (Å²) in [6, 6.07) is 0. The third kappa shape index (κ3) is 4.37. The first kappa shape index (κ1) is 11.9.